The van der Waals surface area contributed by atoms with Crippen molar-refractivity contribution in [1.29, 1.82) is 0 Å². The summed E-state index contributed by atoms with van der Waals surface area (Å²) in [6.07, 6.45) is 0.115. The van der Waals surface area contributed by atoms with Crippen molar-refractivity contribution in [2.45, 2.75) is 32.4 Å². The third-order valence-electron chi connectivity index (χ3n) is 2.28. The van der Waals surface area contributed by atoms with Crippen LogP contribution < -0.4 is 5.73 Å². The lowest BCUT2D eigenvalue weighted by atomic mass is 10.00. The fourth-order valence-corrected chi connectivity index (χ4v) is 1.70. The SMILES string of the molecule is CCC(N)C(O)c1cc(C)cc(Cl)c1. The molecule has 0 bridgehead atoms. The lowest BCUT2D eigenvalue weighted by molar-refractivity contribution is 0.144. The van der Waals surface area contributed by atoms with Gasteiger partial charge < -0.3 is 10.8 Å². The first-order valence-electron chi connectivity index (χ1n) is 4.75. The summed E-state index contributed by atoms with van der Waals surface area (Å²) in [6.45, 7) is 3.89. The molecule has 0 spiro atoms. The number of aliphatic hydroxyl groups excluding tert-OH is 1. The van der Waals surface area contributed by atoms with Gasteiger partial charge in [0.2, 0.25) is 0 Å². The van der Waals surface area contributed by atoms with E-state index in [9.17, 15) is 5.11 Å². The number of halogens is 1. The van der Waals surface area contributed by atoms with Crippen molar-refractivity contribution >= 4 is 11.6 Å². The number of aliphatic hydroxyl groups is 1. The Balaban J connectivity index is 2.94. The number of benzene rings is 1. The van der Waals surface area contributed by atoms with Gasteiger partial charge >= 0.3 is 0 Å². The number of aryl methyl sites for hydroxylation is 1. The number of hydrogen-bond donors (Lipinski definition) is 2. The number of rotatable bonds is 3. The van der Waals surface area contributed by atoms with E-state index in [0.717, 1.165) is 17.5 Å². The van der Waals surface area contributed by atoms with E-state index in [1.165, 1.54) is 0 Å². The molecule has 0 aliphatic heterocycles. The lowest BCUT2D eigenvalue weighted by Crippen LogP contribution is -2.27. The summed E-state index contributed by atoms with van der Waals surface area (Å²) in [5.41, 5.74) is 7.59. The Morgan fingerprint density at radius 1 is 1.43 bits per heavy atom. The van der Waals surface area contributed by atoms with Gasteiger partial charge in [-0.1, -0.05) is 24.6 Å². The maximum atomic E-state index is 9.85. The van der Waals surface area contributed by atoms with Crippen molar-refractivity contribution in [3.63, 3.8) is 0 Å². The first kappa shape index (κ1) is 11.5. The second-order valence-electron chi connectivity index (χ2n) is 3.58. The zero-order valence-electron chi connectivity index (χ0n) is 8.50. The Morgan fingerprint density at radius 2 is 2.07 bits per heavy atom. The highest BCUT2D eigenvalue weighted by Gasteiger charge is 2.15. The second-order valence-corrected chi connectivity index (χ2v) is 4.02. The highest BCUT2D eigenvalue weighted by Crippen LogP contribution is 2.22. The van der Waals surface area contributed by atoms with Crippen LogP contribution in [-0.4, -0.2) is 11.1 Å². The largest absolute Gasteiger partial charge is 0.387 e. The van der Waals surface area contributed by atoms with Crippen molar-refractivity contribution in [2.24, 2.45) is 5.73 Å². The summed E-state index contributed by atoms with van der Waals surface area (Å²) in [5, 5.41) is 10.5. The van der Waals surface area contributed by atoms with Crippen LogP contribution >= 0.6 is 11.6 Å². The molecule has 3 N–H and O–H groups in total. The summed E-state index contributed by atoms with van der Waals surface area (Å²) in [5.74, 6) is 0. The molecular weight excluding hydrogens is 198 g/mol. The van der Waals surface area contributed by atoms with E-state index in [1.807, 2.05) is 26.0 Å². The van der Waals surface area contributed by atoms with E-state index in [-0.39, 0.29) is 6.04 Å². The van der Waals surface area contributed by atoms with Gasteiger partial charge in [0.15, 0.2) is 0 Å². The Hall–Kier alpha value is -0.570. The molecule has 0 saturated carbocycles. The molecule has 0 aliphatic carbocycles. The highest BCUT2D eigenvalue weighted by atomic mass is 35.5. The van der Waals surface area contributed by atoms with Crippen molar-refractivity contribution in [3.8, 4) is 0 Å². The Morgan fingerprint density at radius 3 is 2.57 bits per heavy atom. The smallest absolute Gasteiger partial charge is 0.0941 e. The molecule has 0 radical (unpaired) electrons. The molecule has 0 aromatic heterocycles. The summed E-state index contributed by atoms with van der Waals surface area (Å²) < 4.78 is 0. The Labute approximate surface area is 89.7 Å². The number of hydrogen-bond acceptors (Lipinski definition) is 2. The van der Waals surface area contributed by atoms with Gasteiger partial charge in [-0.3, -0.25) is 0 Å². The van der Waals surface area contributed by atoms with E-state index < -0.39 is 6.10 Å². The van der Waals surface area contributed by atoms with Crippen LogP contribution in [0.25, 0.3) is 0 Å². The third-order valence-corrected chi connectivity index (χ3v) is 2.50. The molecule has 2 atom stereocenters. The van der Waals surface area contributed by atoms with Crippen LogP contribution in [0.3, 0.4) is 0 Å². The molecule has 0 amide bonds. The van der Waals surface area contributed by atoms with Crippen LogP contribution in [-0.2, 0) is 0 Å². The summed E-state index contributed by atoms with van der Waals surface area (Å²) >= 11 is 5.89. The molecular formula is C11H16ClNO. The first-order chi connectivity index (χ1) is 6.54. The zero-order valence-corrected chi connectivity index (χ0v) is 9.25. The van der Waals surface area contributed by atoms with Gasteiger partial charge in [-0.25, -0.2) is 0 Å². The van der Waals surface area contributed by atoms with Gasteiger partial charge in [0.05, 0.1) is 6.10 Å². The molecule has 1 rings (SSSR count). The molecule has 2 nitrogen and oxygen atoms in total. The molecule has 0 fully saturated rings. The molecule has 0 saturated heterocycles. The van der Waals surface area contributed by atoms with Crippen molar-refractivity contribution < 1.29 is 5.11 Å². The van der Waals surface area contributed by atoms with Crippen LogP contribution in [0.5, 0.6) is 0 Å². The normalized spacial score (nSPS) is 15.2. The van der Waals surface area contributed by atoms with E-state index in [1.54, 1.807) is 6.07 Å². The van der Waals surface area contributed by atoms with Gasteiger partial charge in [0.1, 0.15) is 0 Å². The standard InChI is InChI=1S/C11H16ClNO/c1-3-10(13)11(14)8-4-7(2)5-9(12)6-8/h4-6,10-11,14H,3,13H2,1-2H3. The fraction of sp³-hybridized carbons (Fsp3) is 0.455. The monoisotopic (exact) mass is 213 g/mol. The van der Waals surface area contributed by atoms with Gasteiger partial charge in [-0.15, -0.1) is 0 Å². The molecule has 1 aromatic rings. The van der Waals surface area contributed by atoms with Crippen LogP contribution in [0.4, 0.5) is 0 Å². The summed E-state index contributed by atoms with van der Waals surface area (Å²) in [6, 6.07) is 5.30. The molecule has 0 heterocycles. The maximum absolute atomic E-state index is 9.85. The van der Waals surface area contributed by atoms with Crippen LogP contribution in [0, 0.1) is 6.92 Å². The van der Waals surface area contributed by atoms with E-state index in [0.29, 0.717) is 5.02 Å². The van der Waals surface area contributed by atoms with Crippen molar-refractivity contribution in [3.05, 3.63) is 34.3 Å². The average molecular weight is 214 g/mol. The number of nitrogens with two attached hydrogens (primary N) is 1. The Kier molecular flexibility index (Phi) is 3.93. The minimum atomic E-state index is -0.627. The minimum Gasteiger partial charge on any atom is -0.387 e. The van der Waals surface area contributed by atoms with Gasteiger partial charge in [-0.2, -0.15) is 0 Å². The Bertz CT molecular complexity index is 294. The molecule has 0 aliphatic rings. The van der Waals surface area contributed by atoms with Gasteiger partial charge in [0, 0.05) is 11.1 Å². The molecule has 3 heteroatoms. The van der Waals surface area contributed by atoms with Crippen molar-refractivity contribution in [1.82, 2.24) is 0 Å². The molecule has 78 valence electrons. The molecule has 1 aromatic carbocycles. The molecule has 14 heavy (non-hydrogen) atoms. The quantitative estimate of drug-likeness (QED) is 0.810. The van der Waals surface area contributed by atoms with Crippen LogP contribution in [0.2, 0.25) is 5.02 Å². The molecule has 2 unspecified atom stereocenters. The van der Waals surface area contributed by atoms with Crippen LogP contribution in [0.15, 0.2) is 18.2 Å². The third kappa shape index (κ3) is 2.71. The van der Waals surface area contributed by atoms with E-state index in [2.05, 4.69) is 0 Å². The van der Waals surface area contributed by atoms with E-state index in [4.69, 9.17) is 17.3 Å². The van der Waals surface area contributed by atoms with Crippen LogP contribution in [0.1, 0.15) is 30.6 Å². The fourth-order valence-electron chi connectivity index (χ4n) is 1.41. The summed E-state index contributed by atoms with van der Waals surface area (Å²) in [4.78, 5) is 0. The van der Waals surface area contributed by atoms with Crippen molar-refractivity contribution in [2.75, 3.05) is 0 Å². The van der Waals surface area contributed by atoms with Gasteiger partial charge in [0.25, 0.3) is 0 Å². The summed E-state index contributed by atoms with van der Waals surface area (Å²) in [7, 11) is 0. The minimum absolute atomic E-state index is 0.229. The maximum Gasteiger partial charge on any atom is 0.0941 e. The average Bonchev–Trinajstić information content (AvgIpc) is 2.14. The highest BCUT2D eigenvalue weighted by molar-refractivity contribution is 6.30. The van der Waals surface area contributed by atoms with E-state index >= 15 is 0 Å². The van der Waals surface area contributed by atoms with Gasteiger partial charge in [-0.05, 0) is 36.6 Å². The zero-order chi connectivity index (χ0) is 10.7. The predicted molar refractivity (Wildman–Crippen MR) is 59.4 cm³/mol. The first-order valence-corrected chi connectivity index (χ1v) is 5.13. The second kappa shape index (κ2) is 4.78. The lowest BCUT2D eigenvalue weighted by Gasteiger charge is -2.18. The topological polar surface area (TPSA) is 46.2 Å². The predicted octanol–water partition coefficient (Wildman–Crippen LogP) is 2.42.